The highest BCUT2D eigenvalue weighted by atomic mass is 32.2. The summed E-state index contributed by atoms with van der Waals surface area (Å²) in [6.07, 6.45) is 1.70. The minimum atomic E-state index is -0.489. The molecule has 0 amide bonds. The molecule has 2 rings (SSSR count). The lowest BCUT2D eigenvalue weighted by Gasteiger charge is -2.35. The molecule has 1 saturated heterocycles. The Morgan fingerprint density at radius 1 is 1.32 bits per heavy atom. The second-order valence-corrected chi connectivity index (χ2v) is 5.98. The molecule has 4 heteroatoms. The number of ether oxygens (including phenoxy) is 1. The lowest BCUT2D eigenvalue weighted by Crippen LogP contribution is -2.54. The van der Waals surface area contributed by atoms with Crippen molar-refractivity contribution in [1.82, 2.24) is 5.32 Å². The highest BCUT2D eigenvalue weighted by Crippen LogP contribution is 2.28. The van der Waals surface area contributed by atoms with Crippen molar-refractivity contribution >= 4 is 17.7 Å². The average molecular weight is 279 g/mol. The normalized spacial score (nSPS) is 17.9. The lowest BCUT2D eigenvalue weighted by atomic mass is 9.92. The SMILES string of the molecule is CCOC(=O)C1(NCc2ccccc2)CCSCC1. The standard InChI is InChI=1S/C15H21NO2S/c1-2-18-14(17)15(8-10-19-11-9-15)16-12-13-6-4-3-5-7-13/h3-7,16H,2,8-12H2,1H3. The Morgan fingerprint density at radius 2 is 2.00 bits per heavy atom. The van der Waals surface area contributed by atoms with Gasteiger partial charge in [-0.15, -0.1) is 0 Å². The van der Waals surface area contributed by atoms with Crippen LogP contribution in [0.1, 0.15) is 25.3 Å². The van der Waals surface area contributed by atoms with E-state index >= 15 is 0 Å². The van der Waals surface area contributed by atoms with Crippen LogP contribution in [0, 0.1) is 0 Å². The summed E-state index contributed by atoms with van der Waals surface area (Å²) in [6, 6.07) is 10.2. The van der Waals surface area contributed by atoms with E-state index in [2.05, 4.69) is 17.4 Å². The van der Waals surface area contributed by atoms with Crippen molar-refractivity contribution in [2.75, 3.05) is 18.1 Å². The Hall–Kier alpha value is -1.00. The second-order valence-electron chi connectivity index (χ2n) is 4.75. The second kappa shape index (κ2) is 6.96. The van der Waals surface area contributed by atoms with Crippen LogP contribution in [-0.4, -0.2) is 29.6 Å². The van der Waals surface area contributed by atoms with Gasteiger partial charge >= 0.3 is 5.97 Å². The molecule has 1 fully saturated rings. The van der Waals surface area contributed by atoms with Gasteiger partial charge in [-0.2, -0.15) is 11.8 Å². The molecule has 104 valence electrons. The van der Waals surface area contributed by atoms with Gasteiger partial charge in [-0.25, -0.2) is 0 Å². The minimum absolute atomic E-state index is 0.0915. The molecule has 1 N–H and O–H groups in total. The van der Waals surface area contributed by atoms with E-state index in [-0.39, 0.29) is 5.97 Å². The summed E-state index contributed by atoms with van der Waals surface area (Å²) in [7, 11) is 0. The molecular formula is C15H21NO2S. The number of thioether (sulfide) groups is 1. The van der Waals surface area contributed by atoms with Crippen molar-refractivity contribution in [2.24, 2.45) is 0 Å². The first kappa shape index (κ1) is 14.4. The molecule has 0 aliphatic carbocycles. The molecular weight excluding hydrogens is 258 g/mol. The number of carbonyl (C=O) groups excluding carboxylic acids is 1. The van der Waals surface area contributed by atoms with Gasteiger partial charge in [0, 0.05) is 6.54 Å². The van der Waals surface area contributed by atoms with Crippen LogP contribution >= 0.6 is 11.8 Å². The fourth-order valence-corrected chi connectivity index (χ4v) is 3.50. The van der Waals surface area contributed by atoms with Crippen LogP contribution < -0.4 is 5.32 Å². The molecule has 0 bridgehead atoms. The minimum Gasteiger partial charge on any atom is -0.465 e. The molecule has 1 aromatic carbocycles. The summed E-state index contributed by atoms with van der Waals surface area (Å²) >= 11 is 1.91. The van der Waals surface area contributed by atoms with Gasteiger partial charge in [0.1, 0.15) is 5.54 Å². The van der Waals surface area contributed by atoms with Crippen LogP contribution in [0.25, 0.3) is 0 Å². The van der Waals surface area contributed by atoms with Crippen LogP contribution in [0.2, 0.25) is 0 Å². The molecule has 0 spiro atoms. The number of esters is 1. The van der Waals surface area contributed by atoms with Crippen LogP contribution in [-0.2, 0) is 16.1 Å². The Balaban J connectivity index is 2.03. The lowest BCUT2D eigenvalue weighted by molar-refractivity contribution is -0.151. The average Bonchev–Trinajstić information content (AvgIpc) is 2.47. The summed E-state index contributed by atoms with van der Waals surface area (Å²) in [5.74, 6) is 1.94. The van der Waals surface area contributed by atoms with Crippen LogP contribution in [0.3, 0.4) is 0 Å². The number of rotatable bonds is 5. The zero-order chi connectivity index (χ0) is 13.6. The van der Waals surface area contributed by atoms with Gasteiger partial charge < -0.3 is 4.74 Å². The third-order valence-electron chi connectivity index (χ3n) is 3.49. The number of hydrogen-bond acceptors (Lipinski definition) is 4. The van der Waals surface area contributed by atoms with Gasteiger partial charge in [0.05, 0.1) is 6.61 Å². The molecule has 19 heavy (non-hydrogen) atoms. The number of nitrogens with one attached hydrogen (secondary N) is 1. The first-order chi connectivity index (χ1) is 9.27. The van der Waals surface area contributed by atoms with E-state index in [4.69, 9.17) is 4.74 Å². The number of carbonyl (C=O) groups is 1. The predicted molar refractivity (Wildman–Crippen MR) is 79.2 cm³/mol. The van der Waals surface area contributed by atoms with Gasteiger partial charge in [0.2, 0.25) is 0 Å². The van der Waals surface area contributed by atoms with Crippen LogP contribution in [0.5, 0.6) is 0 Å². The van der Waals surface area contributed by atoms with Gasteiger partial charge in [0.15, 0.2) is 0 Å². The first-order valence-electron chi connectivity index (χ1n) is 6.81. The van der Waals surface area contributed by atoms with Gasteiger partial charge in [0.25, 0.3) is 0 Å². The Morgan fingerprint density at radius 3 is 2.63 bits per heavy atom. The van der Waals surface area contributed by atoms with Crippen molar-refractivity contribution in [3.63, 3.8) is 0 Å². The zero-order valence-corrected chi connectivity index (χ0v) is 12.2. The molecule has 0 radical (unpaired) electrons. The summed E-state index contributed by atoms with van der Waals surface area (Å²) in [5, 5.41) is 3.45. The molecule has 1 aromatic rings. The molecule has 0 saturated carbocycles. The highest BCUT2D eigenvalue weighted by Gasteiger charge is 2.40. The topological polar surface area (TPSA) is 38.3 Å². The molecule has 1 aliphatic heterocycles. The summed E-state index contributed by atoms with van der Waals surface area (Å²) in [5.41, 5.74) is 0.710. The maximum atomic E-state index is 12.2. The van der Waals surface area contributed by atoms with E-state index in [1.54, 1.807) is 0 Å². The first-order valence-corrected chi connectivity index (χ1v) is 7.96. The van der Waals surface area contributed by atoms with Gasteiger partial charge in [-0.05, 0) is 36.8 Å². The number of benzene rings is 1. The largest absolute Gasteiger partial charge is 0.465 e. The summed E-state index contributed by atoms with van der Waals surface area (Å²) in [6.45, 7) is 3.02. The van der Waals surface area contributed by atoms with Crippen molar-refractivity contribution in [3.05, 3.63) is 35.9 Å². The Kier molecular flexibility index (Phi) is 5.28. The maximum Gasteiger partial charge on any atom is 0.326 e. The third-order valence-corrected chi connectivity index (χ3v) is 4.47. The van der Waals surface area contributed by atoms with Crippen molar-refractivity contribution in [3.8, 4) is 0 Å². The van der Waals surface area contributed by atoms with E-state index in [9.17, 15) is 4.79 Å². The van der Waals surface area contributed by atoms with Gasteiger partial charge in [-0.1, -0.05) is 30.3 Å². The fraction of sp³-hybridized carbons (Fsp3) is 0.533. The molecule has 3 nitrogen and oxygen atoms in total. The molecule has 0 unspecified atom stereocenters. The number of hydrogen-bond donors (Lipinski definition) is 1. The third kappa shape index (κ3) is 3.74. The van der Waals surface area contributed by atoms with Gasteiger partial charge in [-0.3, -0.25) is 10.1 Å². The highest BCUT2D eigenvalue weighted by molar-refractivity contribution is 7.99. The van der Waals surface area contributed by atoms with Crippen molar-refractivity contribution in [2.45, 2.75) is 31.8 Å². The van der Waals surface area contributed by atoms with E-state index in [0.29, 0.717) is 13.2 Å². The van der Waals surface area contributed by atoms with E-state index in [1.165, 1.54) is 5.56 Å². The van der Waals surface area contributed by atoms with Crippen LogP contribution in [0.15, 0.2) is 30.3 Å². The zero-order valence-electron chi connectivity index (χ0n) is 11.4. The van der Waals surface area contributed by atoms with E-state index in [1.807, 2.05) is 36.9 Å². The smallest absolute Gasteiger partial charge is 0.326 e. The van der Waals surface area contributed by atoms with Crippen molar-refractivity contribution < 1.29 is 9.53 Å². The molecule has 0 aromatic heterocycles. The molecule has 1 aliphatic rings. The van der Waals surface area contributed by atoms with E-state index < -0.39 is 5.54 Å². The Bertz CT molecular complexity index is 402. The quantitative estimate of drug-likeness (QED) is 0.841. The molecule has 0 atom stereocenters. The maximum absolute atomic E-state index is 12.2. The van der Waals surface area contributed by atoms with Crippen LogP contribution in [0.4, 0.5) is 0 Å². The van der Waals surface area contributed by atoms with Crippen molar-refractivity contribution in [1.29, 1.82) is 0 Å². The van der Waals surface area contributed by atoms with E-state index in [0.717, 1.165) is 24.3 Å². The molecule has 1 heterocycles. The Labute approximate surface area is 119 Å². The summed E-state index contributed by atoms with van der Waals surface area (Å²) in [4.78, 5) is 12.2. The predicted octanol–water partition coefficient (Wildman–Crippen LogP) is 2.61. The fourth-order valence-electron chi connectivity index (χ4n) is 2.31. The summed E-state index contributed by atoms with van der Waals surface area (Å²) < 4.78 is 5.26. The monoisotopic (exact) mass is 279 g/mol.